The van der Waals surface area contributed by atoms with Crippen LogP contribution in [0.2, 0.25) is 0 Å². The van der Waals surface area contributed by atoms with Gasteiger partial charge >= 0.3 is 31.6 Å². The van der Waals surface area contributed by atoms with Crippen molar-refractivity contribution in [3.8, 4) is 0 Å². The van der Waals surface area contributed by atoms with E-state index < -0.39 is 0 Å². The fraction of sp³-hybridized carbons (Fsp3) is 0. The van der Waals surface area contributed by atoms with E-state index in [-0.39, 0.29) is 0 Å². The van der Waals surface area contributed by atoms with Gasteiger partial charge in [-0.15, -0.1) is 0 Å². The molecular weight excluding hydrogens is 67.7 g/mol. The summed E-state index contributed by atoms with van der Waals surface area (Å²) in [6.07, 6.45) is 1.22. The summed E-state index contributed by atoms with van der Waals surface area (Å²) in [5.41, 5.74) is 0. The molecule has 4 heteroatoms. The Morgan fingerprint density at radius 1 is 2.00 bits per heavy atom. The first kappa shape index (κ1) is 4.28. The summed E-state index contributed by atoms with van der Waals surface area (Å²) < 4.78 is 0. The number of hydrogen-bond acceptors (Lipinski definition) is 1. The van der Waals surface area contributed by atoms with E-state index in [1.54, 1.807) is 0 Å². The number of rotatable bonds is 0. The average Bonchev–Trinajstić information content (AvgIpc) is 1.37. The van der Waals surface area contributed by atoms with Crippen molar-refractivity contribution in [1.29, 1.82) is 0 Å². The molecule has 0 aliphatic rings. The molecule has 0 spiro atoms. The maximum atomic E-state index is 4.52. The predicted molar refractivity (Wildman–Crippen MR) is 22.9 cm³/mol. The zero-order valence-corrected chi connectivity index (χ0v) is 2.94. The van der Waals surface area contributed by atoms with Crippen molar-refractivity contribution in [2.45, 2.75) is 0 Å². The second-order valence-electron chi connectivity index (χ2n) is 0.265. The molecule has 0 atom stereocenters. The molecule has 1 nitrogen and oxygen atoms in total. The van der Waals surface area contributed by atoms with Gasteiger partial charge in [-0.1, -0.05) is 0 Å². The molecule has 18 valence electrons. The van der Waals surface area contributed by atoms with E-state index in [9.17, 15) is 0 Å². The van der Waals surface area contributed by atoms with Gasteiger partial charge in [-0.2, -0.15) is 0 Å². The van der Waals surface area contributed by atoms with Gasteiger partial charge in [-0.3, -0.25) is 0 Å². The molecular formula is HB2NS. The van der Waals surface area contributed by atoms with Crippen LogP contribution in [0.15, 0.2) is 4.81 Å². The fourth-order valence-corrected chi connectivity index (χ4v) is 0. The number of hydrogen-bond donors (Lipinski definition) is 1. The summed E-state index contributed by atoms with van der Waals surface area (Å²) in [5, 5.41) is 0. The van der Waals surface area contributed by atoms with Crippen LogP contribution < -0.4 is 0 Å². The molecule has 0 fully saturated rings. The first-order valence-corrected chi connectivity index (χ1v) is 1.29. The van der Waals surface area contributed by atoms with Gasteiger partial charge in [0.2, 0.25) is 0 Å². The zero-order chi connectivity index (χ0) is 3.41. The van der Waals surface area contributed by atoms with Crippen LogP contribution in [-0.2, 0) is 0 Å². The molecule has 0 rings (SSSR count). The molecule has 0 saturated heterocycles. The molecule has 0 aliphatic carbocycles. The number of thiol groups is 1. The second kappa shape index (κ2) is 3.28. The van der Waals surface area contributed by atoms with E-state index in [2.05, 4.69) is 25.3 Å². The third-order valence-corrected chi connectivity index (χ3v) is 0.200. The van der Waals surface area contributed by atoms with Gasteiger partial charge in [-0.25, -0.2) is 0 Å². The Hall–Kier alpha value is 0.280. The summed E-state index contributed by atoms with van der Waals surface area (Å²) in [4.78, 5) is 2.98. The minimum atomic E-state index is 1.22. The summed E-state index contributed by atoms with van der Waals surface area (Å²) >= 11 is 3.50. The normalized spacial score (nSPS) is 7.25. The summed E-state index contributed by atoms with van der Waals surface area (Å²) in [6.45, 7) is 0. The third kappa shape index (κ3) is 2.28. The van der Waals surface area contributed by atoms with Gasteiger partial charge in [0.15, 0.2) is 0 Å². The van der Waals surface area contributed by atoms with Crippen LogP contribution in [0, 0.1) is 0 Å². The Bertz CT molecular complexity index is 21.2. The van der Waals surface area contributed by atoms with Crippen molar-refractivity contribution in [1.82, 2.24) is 0 Å². The molecule has 0 bridgehead atoms. The fourth-order valence-electron chi connectivity index (χ4n) is 0. The Balaban J connectivity index is 2.55. The van der Waals surface area contributed by atoms with Gasteiger partial charge < -0.3 is 0 Å². The molecule has 0 N–H and O–H groups in total. The Labute approximate surface area is 32.5 Å². The van der Waals surface area contributed by atoms with Gasteiger partial charge in [-0.05, 0) is 0 Å². The molecule has 2 radical (unpaired) electrons. The maximum absolute atomic E-state index is 4.52. The summed E-state index contributed by atoms with van der Waals surface area (Å²) in [7, 11) is 4.52. The minimum absolute atomic E-state index is 1.22. The average molecular weight is 68.7 g/mol. The van der Waals surface area contributed by atoms with Gasteiger partial charge in [0.1, 0.15) is 0 Å². The monoisotopic (exact) mass is 69.0 g/mol. The van der Waals surface area contributed by atoms with E-state index in [1.807, 2.05) is 0 Å². The van der Waals surface area contributed by atoms with Crippen LogP contribution in [-0.4, -0.2) is 14.3 Å². The van der Waals surface area contributed by atoms with Crippen LogP contribution in [0.1, 0.15) is 0 Å². The molecule has 0 amide bonds. The van der Waals surface area contributed by atoms with E-state index >= 15 is 0 Å². The van der Waals surface area contributed by atoms with Crippen molar-refractivity contribution in [2.75, 3.05) is 0 Å². The molecule has 0 heterocycles. The van der Waals surface area contributed by atoms with Crippen molar-refractivity contribution >= 4 is 26.8 Å². The molecule has 0 aliphatic heterocycles. The Morgan fingerprint density at radius 3 is 2.25 bits per heavy atom. The predicted octanol–water partition coefficient (Wildman–Crippen LogP) is -0.198. The molecule has 0 unspecified atom stereocenters. The van der Waals surface area contributed by atoms with Crippen LogP contribution >= 0.6 is 12.5 Å². The SMILES string of the molecule is [B]N=BS. The van der Waals surface area contributed by atoms with Crippen molar-refractivity contribution in [3.05, 3.63) is 0 Å². The first-order chi connectivity index (χ1) is 1.91. The Kier molecular flexibility index (Phi) is 3.51. The summed E-state index contributed by atoms with van der Waals surface area (Å²) in [5.74, 6) is 0. The van der Waals surface area contributed by atoms with E-state index in [0.717, 1.165) is 0 Å². The van der Waals surface area contributed by atoms with Crippen LogP contribution in [0.25, 0.3) is 0 Å². The van der Waals surface area contributed by atoms with E-state index in [0.29, 0.717) is 0 Å². The van der Waals surface area contributed by atoms with Crippen LogP contribution in [0.3, 0.4) is 0 Å². The molecule has 0 saturated carbocycles. The zero-order valence-electron chi connectivity index (χ0n) is 2.05. The second-order valence-corrected chi connectivity index (χ2v) is 0.495. The number of nitrogens with zero attached hydrogens (tertiary/aromatic N) is 1. The molecule has 0 aromatic heterocycles. The molecule has 0 aromatic carbocycles. The molecule has 4 heavy (non-hydrogen) atoms. The van der Waals surface area contributed by atoms with E-state index in [1.165, 1.54) is 6.35 Å². The first-order valence-electron chi connectivity index (χ1n) is 0.775. The topological polar surface area (TPSA) is 12.4 Å². The quantitative estimate of drug-likeness (QED) is 0.298. The van der Waals surface area contributed by atoms with Gasteiger partial charge in [0.05, 0.1) is 0 Å². The summed E-state index contributed by atoms with van der Waals surface area (Å²) in [6, 6.07) is 0. The van der Waals surface area contributed by atoms with Crippen molar-refractivity contribution in [2.24, 2.45) is 4.81 Å². The van der Waals surface area contributed by atoms with Crippen LogP contribution in [0.4, 0.5) is 0 Å². The van der Waals surface area contributed by atoms with E-state index in [4.69, 9.17) is 0 Å². The standard InChI is InChI=1S/B2HNS/c1-3-2-4/h4H. The van der Waals surface area contributed by atoms with Crippen molar-refractivity contribution < 1.29 is 0 Å². The third-order valence-electron chi connectivity index (χ3n) is 0.0667. The van der Waals surface area contributed by atoms with Crippen LogP contribution in [0.5, 0.6) is 0 Å². The van der Waals surface area contributed by atoms with Crippen molar-refractivity contribution in [3.63, 3.8) is 0 Å². The van der Waals surface area contributed by atoms with Gasteiger partial charge in [0, 0.05) is 0 Å². The molecule has 0 aromatic rings. The Morgan fingerprint density at radius 2 is 2.25 bits per heavy atom. The van der Waals surface area contributed by atoms with Gasteiger partial charge in [0.25, 0.3) is 0 Å².